The number of thiophene rings is 1. The first-order chi connectivity index (χ1) is 6.77. The summed E-state index contributed by atoms with van der Waals surface area (Å²) in [6.45, 7) is 0. The van der Waals surface area contributed by atoms with Gasteiger partial charge >= 0.3 is 0 Å². The van der Waals surface area contributed by atoms with Crippen molar-refractivity contribution in [3.8, 4) is 0 Å². The smallest absolute Gasteiger partial charge is 0.0858 e. The van der Waals surface area contributed by atoms with Crippen LogP contribution in [0.15, 0.2) is 55.8 Å². The van der Waals surface area contributed by atoms with E-state index in [1.165, 1.54) is 11.3 Å². The number of hydrogen-bond acceptors (Lipinski definition) is 3. The normalized spacial score (nSPS) is 12.6. The maximum absolute atomic E-state index is 11.9. The Hall–Kier alpha value is -0.580. The molecule has 2 aromatic rings. The van der Waals surface area contributed by atoms with Gasteiger partial charge in [-0.3, -0.25) is 0 Å². The average Bonchev–Trinajstić information content (AvgIpc) is 2.65. The van der Waals surface area contributed by atoms with Gasteiger partial charge in [-0.2, -0.15) is 0 Å². The largest absolute Gasteiger partial charge is 0.249 e. The number of thiol groups is 1. The van der Waals surface area contributed by atoms with Crippen molar-refractivity contribution in [1.29, 1.82) is 0 Å². The molecule has 72 valence electrons. The predicted molar refractivity (Wildman–Crippen MR) is 62.7 cm³/mol. The maximum atomic E-state index is 11.9. The van der Waals surface area contributed by atoms with Crippen LogP contribution in [0.5, 0.6) is 0 Å². The highest BCUT2D eigenvalue weighted by Crippen LogP contribution is 2.24. The summed E-state index contributed by atoms with van der Waals surface area (Å²) in [7, 11) is -1.06. The molecule has 0 aliphatic carbocycles. The molecule has 1 heterocycles. The van der Waals surface area contributed by atoms with Crippen LogP contribution in [0.3, 0.4) is 0 Å². The van der Waals surface area contributed by atoms with Crippen LogP contribution in [-0.4, -0.2) is 4.21 Å². The Bertz CT molecular complexity index is 447. The summed E-state index contributed by atoms with van der Waals surface area (Å²) < 4.78 is 12.8. The van der Waals surface area contributed by atoms with E-state index in [1.807, 2.05) is 41.8 Å². The third kappa shape index (κ3) is 2.08. The van der Waals surface area contributed by atoms with Gasteiger partial charge in [-0.1, -0.05) is 18.2 Å². The highest BCUT2D eigenvalue weighted by Gasteiger charge is 2.07. The van der Waals surface area contributed by atoms with E-state index in [0.29, 0.717) is 0 Å². The number of hydrogen-bond donors (Lipinski definition) is 1. The van der Waals surface area contributed by atoms with Gasteiger partial charge in [-0.25, -0.2) is 4.21 Å². The molecule has 0 aliphatic rings. The lowest BCUT2D eigenvalue weighted by Gasteiger charge is -1.97. The van der Waals surface area contributed by atoms with Crippen LogP contribution in [-0.2, 0) is 10.8 Å². The number of rotatable bonds is 2. The van der Waals surface area contributed by atoms with Crippen molar-refractivity contribution in [3.63, 3.8) is 0 Å². The lowest BCUT2D eigenvalue weighted by molar-refractivity contribution is 0.683. The first kappa shape index (κ1) is 9.96. The zero-order chi connectivity index (χ0) is 9.97. The molecule has 0 radical (unpaired) electrons. The van der Waals surface area contributed by atoms with Crippen molar-refractivity contribution in [2.75, 3.05) is 0 Å². The second-order valence-corrected chi connectivity index (χ2v) is 5.88. The minimum atomic E-state index is -1.06. The molecular weight excluding hydrogens is 232 g/mol. The third-order valence-corrected chi connectivity index (χ3v) is 4.42. The molecule has 0 saturated heterocycles. The Morgan fingerprint density at radius 3 is 2.43 bits per heavy atom. The van der Waals surface area contributed by atoms with Gasteiger partial charge < -0.3 is 0 Å². The lowest BCUT2D eigenvalue weighted by Crippen LogP contribution is -1.89. The van der Waals surface area contributed by atoms with Gasteiger partial charge in [-0.05, 0) is 18.2 Å². The molecule has 14 heavy (non-hydrogen) atoms. The van der Waals surface area contributed by atoms with Crippen molar-refractivity contribution in [3.05, 3.63) is 41.8 Å². The molecule has 0 amide bonds. The lowest BCUT2D eigenvalue weighted by atomic mass is 10.4. The van der Waals surface area contributed by atoms with Crippen LogP contribution >= 0.6 is 24.0 Å². The Morgan fingerprint density at radius 1 is 1.14 bits per heavy atom. The van der Waals surface area contributed by atoms with Crippen LogP contribution < -0.4 is 0 Å². The van der Waals surface area contributed by atoms with Crippen molar-refractivity contribution >= 4 is 34.8 Å². The quantitative estimate of drug-likeness (QED) is 0.798. The standard InChI is InChI=1S/C10H8OS3/c11-14(8-4-2-1-3-5-8)9-6-10(12)13-7-9/h1-7,12H. The molecule has 0 N–H and O–H groups in total. The highest BCUT2D eigenvalue weighted by molar-refractivity contribution is 7.85. The minimum absolute atomic E-state index is 0.825. The molecule has 0 spiro atoms. The van der Waals surface area contributed by atoms with Gasteiger partial charge in [0.15, 0.2) is 0 Å². The fourth-order valence-corrected chi connectivity index (χ4v) is 3.44. The van der Waals surface area contributed by atoms with Gasteiger partial charge in [0.1, 0.15) is 0 Å². The van der Waals surface area contributed by atoms with E-state index in [4.69, 9.17) is 0 Å². The summed E-state index contributed by atoms with van der Waals surface area (Å²) in [4.78, 5) is 1.66. The molecule has 1 aromatic heterocycles. The fourth-order valence-electron chi connectivity index (χ4n) is 1.09. The summed E-state index contributed by atoms with van der Waals surface area (Å²) in [6.07, 6.45) is 0. The van der Waals surface area contributed by atoms with E-state index in [0.717, 1.165) is 14.0 Å². The minimum Gasteiger partial charge on any atom is -0.249 e. The summed E-state index contributed by atoms with van der Waals surface area (Å²) in [6, 6.07) is 11.3. The topological polar surface area (TPSA) is 17.1 Å². The summed E-state index contributed by atoms with van der Waals surface area (Å²) in [5.74, 6) is 0. The van der Waals surface area contributed by atoms with Crippen LogP contribution in [0.2, 0.25) is 0 Å². The molecule has 0 aliphatic heterocycles. The molecule has 0 bridgehead atoms. The Kier molecular flexibility index (Phi) is 3.05. The molecule has 1 atom stereocenters. The average molecular weight is 240 g/mol. The van der Waals surface area contributed by atoms with E-state index in [-0.39, 0.29) is 0 Å². The van der Waals surface area contributed by atoms with E-state index in [1.54, 1.807) is 0 Å². The van der Waals surface area contributed by atoms with Gasteiger partial charge in [0.05, 0.1) is 19.9 Å². The Morgan fingerprint density at radius 2 is 1.86 bits per heavy atom. The molecule has 0 fully saturated rings. The van der Waals surface area contributed by atoms with Crippen LogP contribution in [0, 0.1) is 0 Å². The first-order valence-electron chi connectivity index (χ1n) is 4.02. The van der Waals surface area contributed by atoms with E-state index in [2.05, 4.69) is 12.6 Å². The zero-order valence-corrected chi connectivity index (χ0v) is 9.74. The summed E-state index contributed by atoms with van der Waals surface area (Å²) >= 11 is 5.69. The molecule has 1 unspecified atom stereocenters. The van der Waals surface area contributed by atoms with E-state index in [9.17, 15) is 4.21 Å². The van der Waals surface area contributed by atoms with Crippen molar-refractivity contribution in [2.24, 2.45) is 0 Å². The molecule has 4 heteroatoms. The van der Waals surface area contributed by atoms with Crippen molar-refractivity contribution < 1.29 is 4.21 Å². The van der Waals surface area contributed by atoms with Gasteiger partial charge in [-0.15, -0.1) is 24.0 Å². The van der Waals surface area contributed by atoms with E-state index < -0.39 is 10.8 Å². The molecule has 1 nitrogen and oxygen atoms in total. The second kappa shape index (κ2) is 4.29. The zero-order valence-electron chi connectivity index (χ0n) is 7.21. The van der Waals surface area contributed by atoms with E-state index >= 15 is 0 Å². The Labute approximate surface area is 94.7 Å². The van der Waals surface area contributed by atoms with Crippen molar-refractivity contribution in [2.45, 2.75) is 14.0 Å². The second-order valence-electron chi connectivity index (χ2n) is 2.70. The van der Waals surface area contributed by atoms with Crippen LogP contribution in [0.4, 0.5) is 0 Å². The van der Waals surface area contributed by atoms with Gasteiger partial charge in [0, 0.05) is 10.3 Å². The maximum Gasteiger partial charge on any atom is 0.0858 e. The molecule has 1 aromatic carbocycles. The summed E-state index contributed by atoms with van der Waals surface area (Å²) in [5.41, 5.74) is 0. The highest BCUT2D eigenvalue weighted by atomic mass is 32.2. The fraction of sp³-hybridized carbons (Fsp3) is 0. The SMILES string of the molecule is O=S(c1ccccc1)c1csc(S)c1. The molecule has 2 rings (SSSR count). The van der Waals surface area contributed by atoms with Gasteiger partial charge in [0.25, 0.3) is 0 Å². The van der Waals surface area contributed by atoms with Crippen LogP contribution in [0.25, 0.3) is 0 Å². The van der Waals surface area contributed by atoms with Crippen molar-refractivity contribution in [1.82, 2.24) is 0 Å². The van der Waals surface area contributed by atoms with Crippen LogP contribution in [0.1, 0.15) is 0 Å². The Balaban J connectivity index is 2.34. The summed E-state index contributed by atoms with van der Waals surface area (Å²) in [5, 5.41) is 1.88. The monoisotopic (exact) mass is 240 g/mol. The molecule has 0 saturated carbocycles. The molecular formula is C10H8OS3. The third-order valence-electron chi connectivity index (χ3n) is 1.73. The van der Waals surface area contributed by atoms with Gasteiger partial charge in [0.2, 0.25) is 0 Å². The number of benzene rings is 1. The first-order valence-corrected chi connectivity index (χ1v) is 6.49. The predicted octanol–water partition coefficient (Wildman–Crippen LogP) is 3.20.